The molecule has 1 aliphatic heterocycles. The van der Waals surface area contributed by atoms with Gasteiger partial charge < -0.3 is 10.3 Å². The highest BCUT2D eigenvalue weighted by molar-refractivity contribution is 5.94. The molecule has 4 nitrogen and oxygen atoms in total. The number of carbonyl (C=O) groups is 1. The van der Waals surface area contributed by atoms with E-state index >= 15 is 0 Å². The number of benzene rings is 1. The van der Waals surface area contributed by atoms with Gasteiger partial charge in [0.1, 0.15) is 0 Å². The maximum Gasteiger partial charge on any atom is 0.393 e. The summed E-state index contributed by atoms with van der Waals surface area (Å²) in [5.74, 6) is 3.42. The predicted molar refractivity (Wildman–Crippen MR) is 68.9 cm³/mol. The number of rotatable bonds is 2. The van der Waals surface area contributed by atoms with Crippen molar-refractivity contribution in [2.45, 2.75) is 19.0 Å². The largest absolute Gasteiger partial charge is 0.393 e. The number of hydrogen-bond donors (Lipinski definition) is 2. The zero-order valence-electron chi connectivity index (χ0n) is 10.8. The molecule has 3 N–H and O–H groups in total. The number of nitrogens with zero attached hydrogens (tertiary/aromatic N) is 1. The van der Waals surface area contributed by atoms with E-state index in [9.17, 15) is 18.0 Å². The molecule has 1 heterocycles. The SMILES string of the molecule is NNc1ccc(C(=O)N2CCCC(C(F)(F)F)C2)cc1. The van der Waals surface area contributed by atoms with Crippen LogP contribution in [0.4, 0.5) is 18.9 Å². The standard InChI is InChI=1S/C13H16F3N3O/c14-13(15,16)10-2-1-7-19(8-10)12(20)9-3-5-11(18-17)6-4-9/h3-6,10,18H,1-2,7-8,17H2. The molecule has 1 aliphatic rings. The van der Waals surface area contributed by atoms with E-state index in [2.05, 4.69) is 5.43 Å². The van der Waals surface area contributed by atoms with Crippen molar-refractivity contribution in [1.82, 2.24) is 4.90 Å². The zero-order chi connectivity index (χ0) is 14.8. The first-order valence-corrected chi connectivity index (χ1v) is 6.34. The van der Waals surface area contributed by atoms with Crippen LogP contribution in [-0.2, 0) is 0 Å². The number of amides is 1. The number of nitrogen functional groups attached to an aromatic ring is 1. The molecule has 0 saturated carbocycles. The van der Waals surface area contributed by atoms with Crippen molar-refractivity contribution in [3.63, 3.8) is 0 Å². The number of likely N-dealkylation sites (tertiary alicyclic amines) is 1. The molecule has 1 saturated heterocycles. The molecule has 1 fully saturated rings. The number of nitrogens with two attached hydrogens (primary N) is 1. The van der Waals surface area contributed by atoms with E-state index in [0.717, 1.165) is 0 Å². The van der Waals surface area contributed by atoms with E-state index in [4.69, 9.17) is 5.84 Å². The molecule has 0 spiro atoms. The Kier molecular flexibility index (Phi) is 4.17. The van der Waals surface area contributed by atoms with Crippen molar-refractivity contribution < 1.29 is 18.0 Å². The second-order valence-corrected chi connectivity index (χ2v) is 4.85. The Bertz CT molecular complexity index is 473. The number of nitrogens with one attached hydrogen (secondary N) is 1. The molecule has 110 valence electrons. The predicted octanol–water partition coefficient (Wildman–Crippen LogP) is 2.39. The lowest BCUT2D eigenvalue weighted by atomic mass is 9.97. The summed E-state index contributed by atoms with van der Waals surface area (Å²) in [6.45, 7) is 0.0987. The fourth-order valence-electron chi connectivity index (χ4n) is 2.32. The Hall–Kier alpha value is -1.76. The fourth-order valence-corrected chi connectivity index (χ4v) is 2.32. The fraction of sp³-hybridized carbons (Fsp3) is 0.462. The highest BCUT2D eigenvalue weighted by Crippen LogP contribution is 2.33. The molecule has 1 aromatic carbocycles. The average Bonchev–Trinajstić information content (AvgIpc) is 2.46. The van der Waals surface area contributed by atoms with E-state index in [0.29, 0.717) is 24.2 Å². The van der Waals surface area contributed by atoms with E-state index in [-0.39, 0.29) is 18.9 Å². The third-order valence-corrected chi connectivity index (χ3v) is 3.47. The Morgan fingerprint density at radius 2 is 1.95 bits per heavy atom. The van der Waals surface area contributed by atoms with Crippen LogP contribution in [0.15, 0.2) is 24.3 Å². The summed E-state index contributed by atoms with van der Waals surface area (Å²) < 4.78 is 38.2. The molecule has 1 unspecified atom stereocenters. The van der Waals surface area contributed by atoms with Crippen LogP contribution in [0.1, 0.15) is 23.2 Å². The molecule has 1 aromatic rings. The van der Waals surface area contributed by atoms with Crippen LogP contribution < -0.4 is 11.3 Å². The first kappa shape index (κ1) is 14.6. The number of hydrogen-bond acceptors (Lipinski definition) is 3. The van der Waals surface area contributed by atoms with Crippen molar-refractivity contribution in [3.8, 4) is 0 Å². The van der Waals surface area contributed by atoms with E-state index < -0.39 is 12.1 Å². The molecule has 1 atom stereocenters. The molecular formula is C13H16F3N3O. The first-order chi connectivity index (χ1) is 9.41. The Labute approximate surface area is 114 Å². The van der Waals surface area contributed by atoms with Gasteiger partial charge in [-0.05, 0) is 37.1 Å². The zero-order valence-corrected chi connectivity index (χ0v) is 10.8. The van der Waals surface area contributed by atoms with Crippen LogP contribution in [0.5, 0.6) is 0 Å². The van der Waals surface area contributed by atoms with Gasteiger partial charge in [0, 0.05) is 24.3 Å². The van der Waals surface area contributed by atoms with Crippen molar-refractivity contribution in [3.05, 3.63) is 29.8 Å². The van der Waals surface area contributed by atoms with Gasteiger partial charge in [-0.1, -0.05) is 0 Å². The Morgan fingerprint density at radius 1 is 1.30 bits per heavy atom. The van der Waals surface area contributed by atoms with Crippen molar-refractivity contribution >= 4 is 11.6 Å². The third-order valence-electron chi connectivity index (χ3n) is 3.47. The Morgan fingerprint density at radius 3 is 2.50 bits per heavy atom. The summed E-state index contributed by atoms with van der Waals surface area (Å²) in [7, 11) is 0. The highest BCUT2D eigenvalue weighted by Gasteiger charge is 2.42. The number of alkyl halides is 3. The number of piperidine rings is 1. The summed E-state index contributed by atoms with van der Waals surface area (Å²) in [4.78, 5) is 13.4. The summed E-state index contributed by atoms with van der Waals surface area (Å²) in [5.41, 5.74) is 3.43. The van der Waals surface area contributed by atoms with Gasteiger partial charge in [-0.2, -0.15) is 13.2 Å². The second kappa shape index (κ2) is 5.70. The maximum atomic E-state index is 12.7. The van der Waals surface area contributed by atoms with Gasteiger partial charge in [-0.3, -0.25) is 10.6 Å². The summed E-state index contributed by atoms with van der Waals surface area (Å²) in [5, 5.41) is 0. The molecule has 0 aromatic heterocycles. The lowest BCUT2D eigenvalue weighted by molar-refractivity contribution is -0.184. The summed E-state index contributed by atoms with van der Waals surface area (Å²) in [6, 6.07) is 6.32. The van der Waals surface area contributed by atoms with Crippen molar-refractivity contribution in [1.29, 1.82) is 0 Å². The van der Waals surface area contributed by atoms with Gasteiger partial charge in [0.05, 0.1) is 5.92 Å². The van der Waals surface area contributed by atoms with Crippen LogP contribution in [0.25, 0.3) is 0 Å². The molecule has 0 radical (unpaired) electrons. The highest BCUT2D eigenvalue weighted by atomic mass is 19.4. The van der Waals surface area contributed by atoms with E-state index in [1.54, 1.807) is 24.3 Å². The molecule has 0 bridgehead atoms. The number of hydrazine groups is 1. The van der Waals surface area contributed by atoms with Gasteiger partial charge in [-0.15, -0.1) is 0 Å². The van der Waals surface area contributed by atoms with E-state index in [1.807, 2.05) is 0 Å². The van der Waals surface area contributed by atoms with Crippen LogP contribution in [0.3, 0.4) is 0 Å². The first-order valence-electron chi connectivity index (χ1n) is 6.34. The number of carbonyl (C=O) groups excluding carboxylic acids is 1. The molecule has 2 rings (SSSR count). The van der Waals surface area contributed by atoms with E-state index in [1.165, 1.54) is 4.90 Å². The van der Waals surface area contributed by atoms with Crippen molar-refractivity contribution in [2.24, 2.45) is 11.8 Å². The normalized spacial score (nSPS) is 19.8. The molecular weight excluding hydrogens is 271 g/mol. The molecule has 1 amide bonds. The van der Waals surface area contributed by atoms with Gasteiger partial charge in [0.2, 0.25) is 0 Å². The van der Waals surface area contributed by atoms with Crippen LogP contribution in [0, 0.1) is 5.92 Å². The minimum Gasteiger partial charge on any atom is -0.338 e. The monoisotopic (exact) mass is 287 g/mol. The van der Waals surface area contributed by atoms with Crippen LogP contribution >= 0.6 is 0 Å². The summed E-state index contributed by atoms with van der Waals surface area (Å²) >= 11 is 0. The van der Waals surface area contributed by atoms with Crippen LogP contribution in [-0.4, -0.2) is 30.1 Å². The van der Waals surface area contributed by atoms with Gasteiger partial charge in [0.15, 0.2) is 0 Å². The van der Waals surface area contributed by atoms with Gasteiger partial charge in [0.25, 0.3) is 5.91 Å². The molecule has 0 aliphatic carbocycles. The quantitative estimate of drug-likeness (QED) is 0.648. The minimum atomic E-state index is -4.24. The number of anilines is 1. The van der Waals surface area contributed by atoms with Crippen LogP contribution in [0.2, 0.25) is 0 Å². The Balaban J connectivity index is 2.08. The lowest BCUT2D eigenvalue weighted by Gasteiger charge is -2.33. The second-order valence-electron chi connectivity index (χ2n) is 4.85. The van der Waals surface area contributed by atoms with Gasteiger partial charge in [-0.25, -0.2) is 0 Å². The third kappa shape index (κ3) is 3.22. The topological polar surface area (TPSA) is 58.4 Å². The van der Waals surface area contributed by atoms with Crippen molar-refractivity contribution in [2.75, 3.05) is 18.5 Å². The summed E-state index contributed by atoms with van der Waals surface area (Å²) in [6.07, 6.45) is -3.78. The van der Waals surface area contributed by atoms with Gasteiger partial charge >= 0.3 is 6.18 Å². The molecule has 7 heteroatoms. The lowest BCUT2D eigenvalue weighted by Crippen LogP contribution is -2.44. The smallest absolute Gasteiger partial charge is 0.338 e. The minimum absolute atomic E-state index is 0.0866. The number of halogens is 3. The maximum absolute atomic E-state index is 12.7. The molecule has 20 heavy (non-hydrogen) atoms. The average molecular weight is 287 g/mol.